The van der Waals surface area contributed by atoms with Gasteiger partial charge in [0.2, 0.25) is 0 Å². The first-order chi connectivity index (χ1) is 15.3. The molecule has 1 amide bonds. The van der Waals surface area contributed by atoms with Crippen LogP contribution >= 0.6 is 0 Å². The van der Waals surface area contributed by atoms with Gasteiger partial charge in [0.05, 0.1) is 23.3 Å². The van der Waals surface area contributed by atoms with E-state index in [1.165, 1.54) is 0 Å². The molecule has 0 unspecified atom stereocenters. The Hall–Kier alpha value is -4.10. The fourth-order valence-electron chi connectivity index (χ4n) is 2.45. The molecule has 3 aromatic rings. The lowest BCUT2D eigenvalue weighted by molar-refractivity contribution is -0.274. The van der Waals surface area contributed by atoms with E-state index < -0.39 is 46.9 Å². The molecule has 1 N–H and O–H groups in total. The maximum absolute atomic E-state index is 14.5. The molecule has 1 heterocycles. The summed E-state index contributed by atoms with van der Waals surface area (Å²) in [6.45, 7) is 0. The van der Waals surface area contributed by atoms with Gasteiger partial charge in [-0.15, -0.1) is 23.1 Å². The number of nitrogens with zero attached hydrogens (tertiary/aromatic N) is 3. The second-order valence-corrected chi connectivity index (χ2v) is 6.17. The summed E-state index contributed by atoms with van der Waals surface area (Å²) < 4.78 is 99.6. The van der Waals surface area contributed by atoms with E-state index >= 15 is 0 Å². The third kappa shape index (κ3) is 6.21. The van der Waals surface area contributed by atoms with E-state index in [1.807, 2.05) is 0 Å². The lowest BCUT2D eigenvalue weighted by atomic mass is 10.1. The van der Waals surface area contributed by atoms with Gasteiger partial charge in [-0.3, -0.25) is 4.79 Å². The molecule has 0 aliphatic heterocycles. The van der Waals surface area contributed by atoms with E-state index in [2.05, 4.69) is 14.8 Å². The maximum Gasteiger partial charge on any atom is 0.573 e. The molecule has 0 spiro atoms. The van der Waals surface area contributed by atoms with Crippen molar-refractivity contribution in [3.05, 3.63) is 77.2 Å². The van der Waals surface area contributed by atoms with Crippen LogP contribution in [0.25, 0.3) is 0 Å². The Morgan fingerprint density at radius 3 is 2.18 bits per heavy atom. The van der Waals surface area contributed by atoms with Gasteiger partial charge in [-0.25, -0.2) is 9.38 Å². The summed E-state index contributed by atoms with van der Waals surface area (Å²) in [6.07, 6.45) is -8.08. The van der Waals surface area contributed by atoms with E-state index in [9.17, 15) is 35.5 Å². The van der Waals surface area contributed by atoms with Crippen molar-refractivity contribution in [2.75, 3.05) is 0 Å². The SMILES string of the molecule is O=C(N=c1ccn(O)nc1)c1c(F)cc(C(F)(F)F)cc1Oc1ccc(OC(F)(F)F)cc1. The summed E-state index contributed by atoms with van der Waals surface area (Å²) in [5.74, 6) is -4.80. The highest BCUT2D eigenvalue weighted by atomic mass is 19.4. The maximum atomic E-state index is 14.5. The first-order valence-electron chi connectivity index (χ1n) is 8.59. The third-order valence-corrected chi connectivity index (χ3v) is 3.80. The van der Waals surface area contributed by atoms with E-state index in [0.717, 1.165) is 42.7 Å². The van der Waals surface area contributed by atoms with Crippen LogP contribution in [0.4, 0.5) is 30.7 Å². The molecule has 7 nitrogen and oxygen atoms in total. The van der Waals surface area contributed by atoms with Gasteiger partial charge in [0.25, 0.3) is 5.91 Å². The molecule has 0 aliphatic carbocycles. The molecule has 0 atom stereocenters. The minimum absolute atomic E-state index is 0.0702. The number of halogens is 7. The quantitative estimate of drug-likeness (QED) is 0.435. The van der Waals surface area contributed by atoms with Crippen LogP contribution in [0.2, 0.25) is 0 Å². The molecule has 3 rings (SSSR count). The van der Waals surface area contributed by atoms with Gasteiger partial charge < -0.3 is 14.7 Å². The van der Waals surface area contributed by atoms with E-state index in [-0.39, 0.29) is 17.2 Å². The van der Waals surface area contributed by atoms with Gasteiger partial charge in [-0.05, 0) is 42.5 Å². The highest BCUT2D eigenvalue weighted by molar-refractivity contribution is 5.98. The fraction of sp³-hybridized carbons (Fsp3) is 0.105. The molecule has 2 aromatic carbocycles. The molecule has 0 aliphatic rings. The number of amides is 1. The van der Waals surface area contributed by atoms with Crippen molar-refractivity contribution in [3.63, 3.8) is 0 Å². The molecular weight excluding hydrogens is 467 g/mol. The summed E-state index contributed by atoms with van der Waals surface area (Å²) in [4.78, 5) is 16.4. The van der Waals surface area contributed by atoms with Crippen molar-refractivity contribution < 1.29 is 50.2 Å². The number of carbonyl (C=O) groups excluding carboxylic acids is 1. The smallest absolute Gasteiger partial charge is 0.456 e. The number of ether oxygens (including phenoxy) is 2. The Morgan fingerprint density at radius 1 is 1.00 bits per heavy atom. The van der Waals surface area contributed by atoms with E-state index in [4.69, 9.17) is 9.94 Å². The standard InChI is InChI=1S/C19H10F7N3O4/c20-14-7-10(18(21,22)23)8-15(16(14)17(30)28-11-5-6-29(31)27-9-11)32-12-1-3-13(4-2-12)33-19(24,25)26/h1-9,31H. The van der Waals surface area contributed by atoms with E-state index in [1.54, 1.807) is 0 Å². The molecule has 0 fully saturated rings. The molecule has 33 heavy (non-hydrogen) atoms. The van der Waals surface area contributed by atoms with Crippen LogP contribution in [-0.2, 0) is 6.18 Å². The zero-order valence-electron chi connectivity index (χ0n) is 15.9. The van der Waals surface area contributed by atoms with Crippen molar-refractivity contribution in [3.8, 4) is 17.2 Å². The molecule has 0 bridgehead atoms. The Balaban J connectivity index is 2.03. The lowest BCUT2D eigenvalue weighted by Crippen LogP contribution is -2.17. The Morgan fingerprint density at radius 2 is 1.64 bits per heavy atom. The van der Waals surface area contributed by atoms with Gasteiger partial charge in [-0.2, -0.15) is 13.2 Å². The summed E-state index contributed by atoms with van der Waals surface area (Å²) in [5.41, 5.74) is -2.45. The van der Waals surface area contributed by atoms with Crippen LogP contribution in [0.15, 0.2) is 59.9 Å². The van der Waals surface area contributed by atoms with Crippen molar-refractivity contribution in [1.82, 2.24) is 9.94 Å². The fourth-order valence-corrected chi connectivity index (χ4v) is 2.45. The second kappa shape index (κ2) is 8.80. The second-order valence-electron chi connectivity index (χ2n) is 6.17. The summed E-state index contributed by atoms with van der Waals surface area (Å²) in [6, 6.07) is 4.94. The Kier molecular flexibility index (Phi) is 6.28. The lowest BCUT2D eigenvalue weighted by Gasteiger charge is -2.14. The van der Waals surface area contributed by atoms with Gasteiger partial charge in [0.15, 0.2) is 0 Å². The molecule has 0 saturated heterocycles. The van der Waals surface area contributed by atoms with Crippen LogP contribution in [0.3, 0.4) is 0 Å². The number of hydrogen-bond donors (Lipinski definition) is 1. The van der Waals surface area contributed by atoms with Crippen molar-refractivity contribution in [1.29, 1.82) is 0 Å². The highest BCUT2D eigenvalue weighted by Gasteiger charge is 2.34. The average Bonchev–Trinajstić information content (AvgIpc) is 2.69. The zero-order chi connectivity index (χ0) is 24.4. The predicted octanol–water partition coefficient (Wildman–Crippen LogP) is 4.71. The van der Waals surface area contributed by atoms with Crippen molar-refractivity contribution in [2.45, 2.75) is 12.5 Å². The number of carbonyl (C=O) groups is 1. The van der Waals surface area contributed by atoms with Crippen LogP contribution in [-0.4, -0.2) is 27.4 Å². The van der Waals surface area contributed by atoms with Gasteiger partial charge in [-0.1, -0.05) is 0 Å². The summed E-state index contributed by atoms with van der Waals surface area (Å²) in [5, 5.41) is 12.3. The van der Waals surface area contributed by atoms with Gasteiger partial charge in [0.1, 0.15) is 28.6 Å². The Labute approximate surface area is 178 Å². The number of aromatic nitrogens is 2. The minimum Gasteiger partial charge on any atom is -0.456 e. The topological polar surface area (TPSA) is 85.9 Å². The van der Waals surface area contributed by atoms with E-state index in [0.29, 0.717) is 10.9 Å². The zero-order valence-corrected chi connectivity index (χ0v) is 15.9. The van der Waals surface area contributed by atoms with Crippen molar-refractivity contribution >= 4 is 5.91 Å². The molecule has 14 heteroatoms. The normalized spacial score (nSPS) is 12.5. The average molecular weight is 477 g/mol. The van der Waals surface area contributed by atoms with Crippen molar-refractivity contribution in [2.24, 2.45) is 4.99 Å². The molecule has 0 saturated carbocycles. The van der Waals surface area contributed by atoms with Crippen LogP contribution < -0.4 is 14.8 Å². The van der Waals surface area contributed by atoms with Crippen LogP contribution in [0.1, 0.15) is 15.9 Å². The minimum atomic E-state index is -5.00. The Bertz CT molecular complexity index is 1220. The molecule has 1 aromatic heterocycles. The van der Waals surface area contributed by atoms with Gasteiger partial charge in [0, 0.05) is 0 Å². The largest absolute Gasteiger partial charge is 0.573 e. The summed E-state index contributed by atoms with van der Waals surface area (Å²) in [7, 11) is 0. The number of rotatable bonds is 4. The molecular formula is C19H10F7N3O4. The van der Waals surface area contributed by atoms with Crippen LogP contribution in [0, 0.1) is 5.82 Å². The number of benzene rings is 2. The summed E-state index contributed by atoms with van der Waals surface area (Å²) >= 11 is 0. The first kappa shape index (κ1) is 23.6. The first-order valence-corrected chi connectivity index (χ1v) is 8.59. The monoisotopic (exact) mass is 477 g/mol. The number of alkyl halides is 6. The predicted molar refractivity (Wildman–Crippen MR) is 93.9 cm³/mol. The van der Waals surface area contributed by atoms with Crippen LogP contribution in [0.5, 0.6) is 17.2 Å². The highest BCUT2D eigenvalue weighted by Crippen LogP contribution is 2.37. The number of hydrogen-bond acceptors (Lipinski definition) is 5. The van der Waals surface area contributed by atoms with Gasteiger partial charge >= 0.3 is 12.5 Å². The third-order valence-electron chi connectivity index (χ3n) is 3.80. The molecule has 0 radical (unpaired) electrons. The molecule has 174 valence electrons.